The largest absolute Gasteiger partial charge is 0.348 e. The lowest BCUT2D eigenvalue weighted by molar-refractivity contribution is -0.132. The van der Waals surface area contributed by atoms with E-state index in [-0.39, 0.29) is 6.04 Å². The Morgan fingerprint density at radius 1 is 1.64 bits per heavy atom. The number of carbonyl (C=O) groups is 1. The van der Waals surface area contributed by atoms with E-state index in [2.05, 4.69) is 5.32 Å². The molecule has 0 aliphatic carbocycles. The van der Waals surface area contributed by atoms with Crippen molar-refractivity contribution in [1.82, 2.24) is 5.32 Å². The quantitative estimate of drug-likeness (QED) is 0.825. The third-order valence-corrected chi connectivity index (χ3v) is 2.44. The normalized spacial score (nSPS) is 12.9. The minimum Gasteiger partial charge on any atom is -0.348 e. The van der Waals surface area contributed by atoms with Gasteiger partial charge in [-0.05, 0) is 35.7 Å². The lowest BCUT2D eigenvalue weighted by Crippen LogP contribution is -2.37. The van der Waals surface area contributed by atoms with Crippen LogP contribution in [0.4, 0.5) is 8.78 Å². The van der Waals surface area contributed by atoms with Crippen molar-refractivity contribution in [3.63, 3.8) is 0 Å². The number of alkyl halides is 2. The smallest absolute Gasteiger partial charge is 0.315 e. The topological polar surface area (TPSA) is 29.1 Å². The van der Waals surface area contributed by atoms with E-state index >= 15 is 0 Å². The standard InChI is InChI=1S/C9H11F2NOS/c1-6(12-9(13)8(10)11)4-7-2-3-14-5-7/h2-3,5-6,8H,4H2,1H3,(H,12,13). The SMILES string of the molecule is CC(Cc1ccsc1)NC(=O)C(F)F. The molecule has 0 spiro atoms. The maximum absolute atomic E-state index is 11.9. The van der Waals surface area contributed by atoms with Crippen molar-refractivity contribution in [3.8, 4) is 0 Å². The third-order valence-electron chi connectivity index (χ3n) is 1.71. The van der Waals surface area contributed by atoms with Crippen LogP contribution in [-0.4, -0.2) is 18.4 Å². The maximum Gasteiger partial charge on any atom is 0.315 e. The van der Waals surface area contributed by atoms with Gasteiger partial charge in [0.15, 0.2) is 0 Å². The van der Waals surface area contributed by atoms with E-state index in [0.29, 0.717) is 6.42 Å². The Labute approximate surface area is 84.9 Å². The third kappa shape index (κ3) is 3.41. The first-order chi connectivity index (χ1) is 6.59. The highest BCUT2D eigenvalue weighted by molar-refractivity contribution is 7.07. The summed E-state index contributed by atoms with van der Waals surface area (Å²) in [5.41, 5.74) is 1.05. The maximum atomic E-state index is 11.9. The Bertz CT molecular complexity index is 287. The molecule has 1 unspecified atom stereocenters. The minimum absolute atomic E-state index is 0.258. The molecular formula is C9H11F2NOS. The van der Waals surface area contributed by atoms with Crippen LogP contribution in [0, 0.1) is 0 Å². The highest BCUT2D eigenvalue weighted by Gasteiger charge is 2.17. The van der Waals surface area contributed by atoms with Gasteiger partial charge in [-0.3, -0.25) is 4.79 Å². The second kappa shape index (κ2) is 5.05. The van der Waals surface area contributed by atoms with Crippen molar-refractivity contribution in [2.24, 2.45) is 0 Å². The molecular weight excluding hydrogens is 208 g/mol. The van der Waals surface area contributed by atoms with Gasteiger partial charge in [0.25, 0.3) is 5.91 Å². The number of rotatable bonds is 4. The number of nitrogens with one attached hydrogen (secondary N) is 1. The first-order valence-electron chi connectivity index (χ1n) is 4.19. The summed E-state index contributed by atoms with van der Waals surface area (Å²) in [5, 5.41) is 6.08. The Morgan fingerprint density at radius 2 is 2.36 bits per heavy atom. The average Bonchev–Trinajstić information content (AvgIpc) is 2.56. The van der Waals surface area contributed by atoms with Gasteiger partial charge >= 0.3 is 6.43 Å². The van der Waals surface area contributed by atoms with E-state index in [1.807, 2.05) is 16.8 Å². The molecule has 0 aromatic carbocycles. The van der Waals surface area contributed by atoms with Crippen molar-refractivity contribution in [2.75, 3.05) is 0 Å². The van der Waals surface area contributed by atoms with Gasteiger partial charge in [-0.25, -0.2) is 0 Å². The molecule has 1 atom stereocenters. The molecule has 0 bridgehead atoms. The predicted octanol–water partition coefficient (Wildman–Crippen LogP) is 2.06. The van der Waals surface area contributed by atoms with Gasteiger partial charge in [-0.2, -0.15) is 20.1 Å². The van der Waals surface area contributed by atoms with E-state index in [1.165, 1.54) is 0 Å². The molecule has 1 aromatic rings. The van der Waals surface area contributed by atoms with Gasteiger partial charge in [0.05, 0.1) is 0 Å². The lowest BCUT2D eigenvalue weighted by atomic mass is 10.1. The van der Waals surface area contributed by atoms with Crippen molar-refractivity contribution < 1.29 is 13.6 Å². The van der Waals surface area contributed by atoms with E-state index in [4.69, 9.17) is 0 Å². The van der Waals surface area contributed by atoms with Crippen LogP contribution in [0.3, 0.4) is 0 Å². The van der Waals surface area contributed by atoms with Gasteiger partial charge in [-0.15, -0.1) is 0 Å². The number of halogens is 2. The minimum atomic E-state index is -2.93. The summed E-state index contributed by atoms with van der Waals surface area (Å²) < 4.78 is 23.7. The van der Waals surface area contributed by atoms with Crippen LogP contribution >= 0.6 is 11.3 Å². The summed E-state index contributed by atoms with van der Waals surface area (Å²) >= 11 is 1.55. The number of hydrogen-bond acceptors (Lipinski definition) is 2. The molecule has 2 nitrogen and oxygen atoms in total. The van der Waals surface area contributed by atoms with Gasteiger partial charge < -0.3 is 5.32 Å². The lowest BCUT2D eigenvalue weighted by Gasteiger charge is -2.12. The molecule has 0 fully saturated rings. The van der Waals surface area contributed by atoms with E-state index in [9.17, 15) is 13.6 Å². The highest BCUT2D eigenvalue weighted by Crippen LogP contribution is 2.08. The second-order valence-corrected chi connectivity index (χ2v) is 3.83. The number of amides is 1. The molecule has 14 heavy (non-hydrogen) atoms. The van der Waals surface area contributed by atoms with Gasteiger partial charge in [0, 0.05) is 6.04 Å². The zero-order valence-electron chi connectivity index (χ0n) is 7.67. The van der Waals surface area contributed by atoms with Crippen LogP contribution in [0.1, 0.15) is 12.5 Å². The molecule has 1 N–H and O–H groups in total. The molecule has 0 aliphatic heterocycles. The molecule has 0 radical (unpaired) electrons. The average molecular weight is 219 g/mol. The summed E-state index contributed by atoms with van der Waals surface area (Å²) in [6, 6.07) is 1.65. The Hall–Kier alpha value is -0.970. The monoisotopic (exact) mass is 219 g/mol. The summed E-state index contributed by atoms with van der Waals surface area (Å²) in [4.78, 5) is 10.6. The Morgan fingerprint density at radius 3 is 2.86 bits per heavy atom. The highest BCUT2D eigenvalue weighted by atomic mass is 32.1. The van der Waals surface area contributed by atoms with Gasteiger partial charge in [0.2, 0.25) is 0 Å². The Kier molecular flexibility index (Phi) is 4.00. The van der Waals surface area contributed by atoms with E-state index < -0.39 is 12.3 Å². The van der Waals surface area contributed by atoms with Crippen molar-refractivity contribution >= 4 is 17.2 Å². The molecule has 0 saturated heterocycles. The molecule has 1 heterocycles. The summed E-state index contributed by atoms with van der Waals surface area (Å²) in [6.07, 6.45) is -2.35. The van der Waals surface area contributed by atoms with Gasteiger partial charge in [0.1, 0.15) is 0 Å². The summed E-state index contributed by atoms with van der Waals surface area (Å²) in [7, 11) is 0. The van der Waals surface area contributed by atoms with Crippen LogP contribution in [-0.2, 0) is 11.2 Å². The number of thiophene rings is 1. The molecule has 1 aromatic heterocycles. The van der Waals surface area contributed by atoms with Crippen molar-refractivity contribution in [3.05, 3.63) is 22.4 Å². The zero-order valence-corrected chi connectivity index (χ0v) is 8.48. The molecule has 0 aliphatic rings. The fourth-order valence-electron chi connectivity index (χ4n) is 1.12. The first-order valence-corrected chi connectivity index (χ1v) is 5.13. The molecule has 1 rings (SSSR count). The van der Waals surface area contributed by atoms with Gasteiger partial charge in [-0.1, -0.05) is 0 Å². The van der Waals surface area contributed by atoms with E-state index in [1.54, 1.807) is 18.3 Å². The second-order valence-electron chi connectivity index (χ2n) is 3.05. The fourth-order valence-corrected chi connectivity index (χ4v) is 1.80. The summed E-state index contributed by atoms with van der Waals surface area (Å²) in [5.74, 6) is -1.20. The summed E-state index contributed by atoms with van der Waals surface area (Å²) in [6.45, 7) is 1.71. The number of hydrogen-bond donors (Lipinski definition) is 1. The van der Waals surface area contributed by atoms with Crippen LogP contribution in [0.2, 0.25) is 0 Å². The van der Waals surface area contributed by atoms with Crippen LogP contribution in [0.15, 0.2) is 16.8 Å². The van der Waals surface area contributed by atoms with Crippen LogP contribution < -0.4 is 5.32 Å². The van der Waals surface area contributed by atoms with Crippen LogP contribution in [0.5, 0.6) is 0 Å². The van der Waals surface area contributed by atoms with E-state index in [0.717, 1.165) is 5.56 Å². The molecule has 1 amide bonds. The molecule has 0 saturated carbocycles. The van der Waals surface area contributed by atoms with Crippen molar-refractivity contribution in [2.45, 2.75) is 25.8 Å². The molecule has 5 heteroatoms. The van der Waals surface area contributed by atoms with Crippen LogP contribution in [0.25, 0.3) is 0 Å². The zero-order chi connectivity index (χ0) is 10.6. The number of carbonyl (C=O) groups excluding carboxylic acids is 1. The first kappa shape index (κ1) is 11.1. The fraction of sp³-hybridized carbons (Fsp3) is 0.444. The Balaban J connectivity index is 2.36. The molecule has 78 valence electrons. The van der Waals surface area contributed by atoms with Crippen molar-refractivity contribution in [1.29, 1.82) is 0 Å². The predicted molar refractivity (Wildman–Crippen MR) is 51.6 cm³/mol.